The van der Waals surface area contributed by atoms with Gasteiger partial charge in [-0.25, -0.2) is 8.78 Å². The molecule has 0 aliphatic carbocycles. The highest BCUT2D eigenvalue weighted by atomic mass is 32.2. The lowest BCUT2D eigenvalue weighted by atomic mass is 10.1. The molecule has 2 rings (SSSR count). The van der Waals surface area contributed by atoms with E-state index in [1.54, 1.807) is 18.2 Å². The maximum Gasteiger partial charge on any atom is 0.284 e. The van der Waals surface area contributed by atoms with Crippen LogP contribution in [-0.4, -0.2) is 28.8 Å². The van der Waals surface area contributed by atoms with Gasteiger partial charge in [-0.05, 0) is 5.92 Å². The molecule has 1 saturated heterocycles. The molecule has 0 radical (unpaired) electrons. The molecule has 0 amide bonds. The first-order valence-electron chi connectivity index (χ1n) is 5.57. The first kappa shape index (κ1) is 12.6. The van der Waals surface area contributed by atoms with E-state index in [9.17, 15) is 13.0 Å². The highest BCUT2D eigenvalue weighted by molar-refractivity contribution is 7.85. The topological polar surface area (TPSA) is 29.1 Å². The Morgan fingerprint density at radius 2 is 1.94 bits per heavy atom. The van der Waals surface area contributed by atoms with E-state index in [1.807, 2.05) is 0 Å². The first-order valence-corrected chi connectivity index (χ1v) is 7.06. The number of nitrogens with one attached hydrogen (secondary N) is 1. The van der Waals surface area contributed by atoms with Crippen molar-refractivity contribution in [1.82, 2.24) is 5.32 Å². The van der Waals surface area contributed by atoms with Crippen molar-refractivity contribution in [2.45, 2.75) is 5.92 Å². The van der Waals surface area contributed by atoms with Crippen molar-refractivity contribution in [3.8, 4) is 0 Å². The Hall–Kier alpha value is -0.810. The largest absolute Gasteiger partial charge is 0.316 e. The van der Waals surface area contributed by atoms with Crippen LogP contribution in [0.3, 0.4) is 0 Å². The van der Waals surface area contributed by atoms with Crippen molar-refractivity contribution in [1.29, 1.82) is 0 Å². The molecule has 1 aromatic carbocycles. The molecule has 2 nitrogen and oxygen atoms in total. The molecular formula is C12H15F2NOS. The van der Waals surface area contributed by atoms with Gasteiger partial charge in [0.25, 0.3) is 5.92 Å². The molecule has 0 aromatic heterocycles. The standard InChI is InChI=1S/C12H15F2NOS/c13-12(14,11-4-2-1-3-5-11)9-17(16)8-10-6-15-7-10/h1-5,10,15H,6-9H2. The predicted octanol–water partition coefficient (Wildman–Crippen LogP) is 1.75. The van der Waals surface area contributed by atoms with E-state index in [-0.39, 0.29) is 5.56 Å². The molecule has 0 bridgehead atoms. The average Bonchev–Trinajstić information content (AvgIpc) is 2.24. The van der Waals surface area contributed by atoms with Crippen LogP contribution in [0.1, 0.15) is 5.56 Å². The summed E-state index contributed by atoms with van der Waals surface area (Å²) in [5.74, 6) is -2.91. The molecule has 1 unspecified atom stereocenters. The number of rotatable bonds is 5. The van der Waals surface area contributed by atoms with Crippen LogP contribution < -0.4 is 5.32 Å². The third kappa shape index (κ3) is 3.33. The predicted molar refractivity (Wildman–Crippen MR) is 64.6 cm³/mol. The van der Waals surface area contributed by atoms with Crippen molar-refractivity contribution in [3.63, 3.8) is 0 Å². The summed E-state index contributed by atoms with van der Waals surface area (Å²) in [5, 5.41) is 3.04. The van der Waals surface area contributed by atoms with E-state index >= 15 is 0 Å². The number of halogens is 2. The quantitative estimate of drug-likeness (QED) is 0.873. The number of alkyl halides is 2. The maximum absolute atomic E-state index is 13.8. The minimum atomic E-state index is -3.00. The van der Waals surface area contributed by atoms with E-state index in [0.717, 1.165) is 13.1 Å². The van der Waals surface area contributed by atoms with Crippen LogP contribution in [0.4, 0.5) is 8.78 Å². The number of hydrogen-bond donors (Lipinski definition) is 1. The van der Waals surface area contributed by atoms with Gasteiger partial charge in [0.1, 0.15) is 0 Å². The molecule has 1 N–H and O–H groups in total. The van der Waals surface area contributed by atoms with Crippen LogP contribution in [0.2, 0.25) is 0 Å². The summed E-state index contributed by atoms with van der Waals surface area (Å²) in [7, 11) is -1.46. The summed E-state index contributed by atoms with van der Waals surface area (Å²) in [6, 6.07) is 7.59. The summed E-state index contributed by atoms with van der Waals surface area (Å²) in [5.41, 5.74) is -0.0555. The van der Waals surface area contributed by atoms with Crippen LogP contribution in [0.5, 0.6) is 0 Å². The van der Waals surface area contributed by atoms with Gasteiger partial charge in [-0.15, -0.1) is 0 Å². The minimum Gasteiger partial charge on any atom is -0.316 e. The van der Waals surface area contributed by atoms with Gasteiger partial charge < -0.3 is 5.32 Å². The van der Waals surface area contributed by atoms with E-state index in [0.29, 0.717) is 11.7 Å². The molecule has 94 valence electrons. The second kappa shape index (κ2) is 5.23. The normalized spacial score (nSPS) is 18.7. The molecule has 0 spiro atoms. The lowest BCUT2D eigenvalue weighted by molar-refractivity contribution is 0.0221. The summed E-state index contributed by atoms with van der Waals surface area (Å²) >= 11 is 0. The van der Waals surface area contributed by atoms with E-state index in [1.165, 1.54) is 12.1 Å². The van der Waals surface area contributed by atoms with Gasteiger partial charge in [-0.2, -0.15) is 0 Å². The van der Waals surface area contributed by atoms with Gasteiger partial charge >= 0.3 is 0 Å². The fourth-order valence-electron chi connectivity index (χ4n) is 1.76. The Labute approximate surface area is 102 Å². The smallest absolute Gasteiger partial charge is 0.284 e. The number of hydrogen-bond acceptors (Lipinski definition) is 2. The third-order valence-corrected chi connectivity index (χ3v) is 4.35. The van der Waals surface area contributed by atoms with Crippen LogP contribution in [-0.2, 0) is 16.7 Å². The molecule has 17 heavy (non-hydrogen) atoms. The van der Waals surface area contributed by atoms with Crippen molar-refractivity contribution in [2.75, 3.05) is 24.6 Å². The lowest BCUT2D eigenvalue weighted by Gasteiger charge is -2.27. The molecule has 5 heteroatoms. The fraction of sp³-hybridized carbons (Fsp3) is 0.500. The molecule has 1 aliphatic heterocycles. The maximum atomic E-state index is 13.8. The highest BCUT2D eigenvalue weighted by Gasteiger charge is 2.34. The Morgan fingerprint density at radius 1 is 1.29 bits per heavy atom. The molecule has 1 aromatic rings. The van der Waals surface area contributed by atoms with Gasteiger partial charge in [0.15, 0.2) is 0 Å². The van der Waals surface area contributed by atoms with Crippen LogP contribution >= 0.6 is 0 Å². The summed E-state index contributed by atoms with van der Waals surface area (Å²) in [6.07, 6.45) is 0. The molecular weight excluding hydrogens is 244 g/mol. The van der Waals surface area contributed by atoms with E-state index in [2.05, 4.69) is 5.32 Å². The van der Waals surface area contributed by atoms with Gasteiger partial charge in [0.05, 0.1) is 5.75 Å². The Balaban J connectivity index is 1.94. The van der Waals surface area contributed by atoms with Crippen LogP contribution in [0, 0.1) is 5.92 Å². The van der Waals surface area contributed by atoms with Gasteiger partial charge in [-0.3, -0.25) is 4.21 Å². The van der Waals surface area contributed by atoms with Crippen molar-refractivity contribution in [2.24, 2.45) is 5.92 Å². The monoisotopic (exact) mass is 259 g/mol. The van der Waals surface area contributed by atoms with Crippen molar-refractivity contribution in [3.05, 3.63) is 35.9 Å². The minimum absolute atomic E-state index is 0.0555. The van der Waals surface area contributed by atoms with Crippen molar-refractivity contribution < 1.29 is 13.0 Å². The zero-order valence-corrected chi connectivity index (χ0v) is 10.2. The van der Waals surface area contributed by atoms with Gasteiger partial charge in [0.2, 0.25) is 0 Å². The third-order valence-electron chi connectivity index (χ3n) is 2.83. The fourth-order valence-corrected chi connectivity index (χ4v) is 3.21. The summed E-state index contributed by atoms with van der Waals surface area (Å²) in [4.78, 5) is 0. The zero-order chi connectivity index (χ0) is 12.3. The molecule has 1 heterocycles. The second-order valence-electron chi connectivity index (χ2n) is 4.35. The Bertz CT molecular complexity index is 393. The van der Waals surface area contributed by atoms with Gasteiger partial charge in [0, 0.05) is 35.2 Å². The Morgan fingerprint density at radius 3 is 2.47 bits per heavy atom. The lowest BCUT2D eigenvalue weighted by Crippen LogP contribution is -2.45. The molecule has 0 saturated carbocycles. The number of benzene rings is 1. The summed E-state index contributed by atoms with van der Waals surface area (Å²) < 4.78 is 39.2. The highest BCUT2D eigenvalue weighted by Crippen LogP contribution is 2.29. The molecule has 1 atom stereocenters. The van der Waals surface area contributed by atoms with E-state index in [4.69, 9.17) is 0 Å². The van der Waals surface area contributed by atoms with Crippen LogP contribution in [0.15, 0.2) is 30.3 Å². The van der Waals surface area contributed by atoms with Crippen LogP contribution in [0.25, 0.3) is 0 Å². The van der Waals surface area contributed by atoms with Crippen molar-refractivity contribution >= 4 is 10.8 Å². The van der Waals surface area contributed by atoms with E-state index < -0.39 is 22.5 Å². The SMILES string of the molecule is O=S(CC1CNC1)CC(F)(F)c1ccccc1. The zero-order valence-electron chi connectivity index (χ0n) is 9.36. The average molecular weight is 259 g/mol. The summed E-state index contributed by atoms with van der Waals surface area (Å²) in [6.45, 7) is 1.59. The first-order chi connectivity index (χ1) is 8.08. The second-order valence-corrected chi connectivity index (χ2v) is 5.85. The molecule has 1 aliphatic rings. The Kier molecular flexibility index (Phi) is 3.89. The molecule has 1 fully saturated rings. The van der Waals surface area contributed by atoms with Gasteiger partial charge in [-0.1, -0.05) is 30.3 Å².